The Morgan fingerprint density at radius 2 is 2.12 bits per heavy atom. The standard InChI is InChI=1S/C10H14Br2N2OS/c11-7-5-8(16-10(7)12)9(14-13)6-1-3-15-4-2-6/h5-6,9,14H,1-4,13H2. The third-order valence-electron chi connectivity index (χ3n) is 2.89. The Kier molecular flexibility index (Phi) is 4.81. The molecule has 2 rings (SSSR count). The number of nitrogens with two attached hydrogens (primary N) is 1. The molecule has 2 heterocycles. The lowest BCUT2D eigenvalue weighted by molar-refractivity contribution is 0.0540. The first kappa shape index (κ1) is 13.0. The second-order valence-corrected chi connectivity index (χ2v) is 7.12. The molecule has 0 spiro atoms. The van der Waals surface area contributed by atoms with Gasteiger partial charge in [0.2, 0.25) is 0 Å². The van der Waals surface area contributed by atoms with E-state index < -0.39 is 0 Å². The number of hydrogen-bond donors (Lipinski definition) is 2. The molecule has 1 aromatic rings. The van der Waals surface area contributed by atoms with Crippen LogP contribution in [0.4, 0.5) is 0 Å². The van der Waals surface area contributed by atoms with Gasteiger partial charge in [0, 0.05) is 22.6 Å². The lowest BCUT2D eigenvalue weighted by atomic mass is 9.91. The molecule has 1 atom stereocenters. The highest BCUT2D eigenvalue weighted by Crippen LogP contribution is 2.39. The summed E-state index contributed by atoms with van der Waals surface area (Å²) in [5, 5.41) is 0. The Bertz CT molecular complexity index is 333. The van der Waals surface area contributed by atoms with E-state index in [0.29, 0.717) is 5.92 Å². The zero-order chi connectivity index (χ0) is 11.5. The molecule has 1 fully saturated rings. The highest BCUT2D eigenvalue weighted by molar-refractivity contribution is 9.13. The van der Waals surface area contributed by atoms with Gasteiger partial charge in [-0.2, -0.15) is 0 Å². The minimum absolute atomic E-state index is 0.233. The van der Waals surface area contributed by atoms with Gasteiger partial charge >= 0.3 is 0 Å². The van der Waals surface area contributed by atoms with E-state index in [1.165, 1.54) is 4.88 Å². The number of nitrogens with one attached hydrogen (secondary N) is 1. The van der Waals surface area contributed by atoms with Crippen molar-refractivity contribution >= 4 is 43.2 Å². The van der Waals surface area contributed by atoms with E-state index >= 15 is 0 Å². The fraction of sp³-hybridized carbons (Fsp3) is 0.600. The summed E-state index contributed by atoms with van der Waals surface area (Å²) in [4.78, 5) is 1.27. The Morgan fingerprint density at radius 3 is 2.62 bits per heavy atom. The summed E-state index contributed by atoms with van der Waals surface area (Å²) in [7, 11) is 0. The molecular weight excluding hydrogens is 356 g/mol. The molecule has 0 amide bonds. The third kappa shape index (κ3) is 2.86. The smallest absolute Gasteiger partial charge is 0.0843 e. The van der Waals surface area contributed by atoms with Crippen molar-refractivity contribution in [1.82, 2.24) is 5.43 Å². The lowest BCUT2D eigenvalue weighted by Gasteiger charge is -2.29. The van der Waals surface area contributed by atoms with Gasteiger partial charge in [-0.1, -0.05) is 0 Å². The Labute approximate surface area is 116 Å². The van der Waals surface area contributed by atoms with E-state index in [9.17, 15) is 0 Å². The van der Waals surface area contributed by atoms with Gasteiger partial charge in [-0.15, -0.1) is 11.3 Å². The van der Waals surface area contributed by atoms with Crippen molar-refractivity contribution in [2.24, 2.45) is 11.8 Å². The lowest BCUT2D eigenvalue weighted by Crippen LogP contribution is -2.35. The molecule has 1 unspecified atom stereocenters. The van der Waals surface area contributed by atoms with Crippen LogP contribution in [0.2, 0.25) is 0 Å². The van der Waals surface area contributed by atoms with Gasteiger partial charge in [0.25, 0.3) is 0 Å². The average Bonchev–Trinajstić information content (AvgIpc) is 2.61. The third-order valence-corrected chi connectivity index (χ3v) is 6.23. The summed E-state index contributed by atoms with van der Waals surface area (Å²) < 4.78 is 7.59. The van der Waals surface area contributed by atoms with Gasteiger partial charge in [-0.05, 0) is 56.7 Å². The van der Waals surface area contributed by atoms with Crippen molar-refractivity contribution in [3.63, 3.8) is 0 Å². The molecule has 1 aliphatic rings. The van der Waals surface area contributed by atoms with Crippen LogP contribution in [0, 0.1) is 5.92 Å². The highest BCUT2D eigenvalue weighted by Gasteiger charge is 2.26. The number of ether oxygens (including phenoxy) is 1. The zero-order valence-electron chi connectivity index (χ0n) is 8.71. The van der Waals surface area contributed by atoms with Crippen LogP contribution in [-0.2, 0) is 4.74 Å². The first-order valence-electron chi connectivity index (χ1n) is 5.21. The van der Waals surface area contributed by atoms with E-state index in [2.05, 4.69) is 43.4 Å². The minimum Gasteiger partial charge on any atom is -0.381 e. The van der Waals surface area contributed by atoms with Gasteiger partial charge in [0.15, 0.2) is 0 Å². The number of halogens is 2. The molecular formula is C10H14Br2N2OS. The topological polar surface area (TPSA) is 47.3 Å². The van der Waals surface area contributed by atoms with E-state index in [1.54, 1.807) is 11.3 Å². The molecule has 1 aromatic heterocycles. The predicted octanol–water partition coefficient (Wildman–Crippen LogP) is 3.20. The van der Waals surface area contributed by atoms with E-state index in [4.69, 9.17) is 10.6 Å². The molecule has 0 radical (unpaired) electrons. The Hall–Kier alpha value is 0.540. The first-order chi connectivity index (χ1) is 7.72. The first-order valence-corrected chi connectivity index (χ1v) is 7.61. The van der Waals surface area contributed by atoms with Gasteiger partial charge in [-0.25, -0.2) is 0 Å². The highest BCUT2D eigenvalue weighted by atomic mass is 79.9. The van der Waals surface area contributed by atoms with Gasteiger partial charge in [0.05, 0.1) is 9.83 Å². The largest absolute Gasteiger partial charge is 0.381 e. The monoisotopic (exact) mass is 368 g/mol. The van der Waals surface area contributed by atoms with Crippen molar-refractivity contribution in [1.29, 1.82) is 0 Å². The average molecular weight is 370 g/mol. The van der Waals surface area contributed by atoms with Crippen LogP contribution in [0.3, 0.4) is 0 Å². The SMILES string of the molecule is NNC(c1cc(Br)c(Br)s1)C1CCOCC1. The molecule has 0 bridgehead atoms. The summed E-state index contributed by atoms with van der Waals surface area (Å²) in [6, 6.07) is 2.37. The summed E-state index contributed by atoms with van der Waals surface area (Å²) in [6.07, 6.45) is 2.14. The molecule has 0 saturated carbocycles. The van der Waals surface area contributed by atoms with Gasteiger partial charge < -0.3 is 4.74 Å². The second-order valence-electron chi connectivity index (χ2n) is 3.86. The fourth-order valence-corrected chi connectivity index (χ4v) is 4.26. The Balaban J connectivity index is 2.14. The normalized spacial score (nSPS) is 19.9. The maximum atomic E-state index is 5.68. The van der Waals surface area contributed by atoms with Crippen LogP contribution in [0.5, 0.6) is 0 Å². The second kappa shape index (κ2) is 5.93. The van der Waals surface area contributed by atoms with Crippen molar-refractivity contribution in [3.8, 4) is 0 Å². The van der Waals surface area contributed by atoms with Crippen LogP contribution >= 0.6 is 43.2 Å². The maximum Gasteiger partial charge on any atom is 0.0843 e. The zero-order valence-corrected chi connectivity index (χ0v) is 12.7. The van der Waals surface area contributed by atoms with Crippen molar-refractivity contribution in [2.45, 2.75) is 18.9 Å². The summed E-state index contributed by atoms with van der Waals surface area (Å²) in [5.41, 5.74) is 2.94. The molecule has 1 saturated heterocycles. The minimum atomic E-state index is 0.233. The van der Waals surface area contributed by atoms with E-state index in [1.807, 2.05) is 0 Å². The van der Waals surface area contributed by atoms with Crippen molar-refractivity contribution < 1.29 is 4.74 Å². The van der Waals surface area contributed by atoms with Gasteiger partial charge in [0.1, 0.15) is 0 Å². The van der Waals surface area contributed by atoms with Crippen LogP contribution in [-0.4, -0.2) is 13.2 Å². The van der Waals surface area contributed by atoms with Crippen LogP contribution in [0.1, 0.15) is 23.8 Å². The molecule has 90 valence electrons. The van der Waals surface area contributed by atoms with Crippen molar-refractivity contribution in [3.05, 3.63) is 19.2 Å². The van der Waals surface area contributed by atoms with Crippen molar-refractivity contribution in [2.75, 3.05) is 13.2 Å². The summed E-state index contributed by atoms with van der Waals surface area (Å²) >= 11 is 8.75. The molecule has 0 aliphatic carbocycles. The number of thiophene rings is 1. The molecule has 3 N–H and O–H groups in total. The Morgan fingerprint density at radius 1 is 1.44 bits per heavy atom. The fourth-order valence-electron chi connectivity index (χ4n) is 2.02. The quantitative estimate of drug-likeness (QED) is 0.635. The van der Waals surface area contributed by atoms with Crippen LogP contribution in [0.25, 0.3) is 0 Å². The molecule has 6 heteroatoms. The van der Waals surface area contributed by atoms with Gasteiger partial charge in [-0.3, -0.25) is 11.3 Å². The van der Waals surface area contributed by atoms with E-state index in [0.717, 1.165) is 34.3 Å². The summed E-state index contributed by atoms with van der Waals surface area (Å²) in [5.74, 6) is 6.25. The summed E-state index contributed by atoms with van der Waals surface area (Å²) in [6.45, 7) is 1.69. The number of hydrazine groups is 1. The number of hydrogen-bond acceptors (Lipinski definition) is 4. The molecule has 1 aliphatic heterocycles. The molecule has 3 nitrogen and oxygen atoms in total. The van der Waals surface area contributed by atoms with E-state index in [-0.39, 0.29) is 6.04 Å². The molecule has 0 aromatic carbocycles. The van der Waals surface area contributed by atoms with Crippen LogP contribution in [0.15, 0.2) is 14.3 Å². The predicted molar refractivity (Wildman–Crippen MR) is 73.3 cm³/mol. The molecule has 16 heavy (non-hydrogen) atoms. The van der Waals surface area contributed by atoms with Crippen LogP contribution < -0.4 is 11.3 Å². The maximum absolute atomic E-state index is 5.68. The number of rotatable bonds is 3.